The molecule has 0 aliphatic heterocycles. The van der Waals surface area contributed by atoms with Gasteiger partial charge in [0.2, 0.25) is 15.9 Å². The van der Waals surface area contributed by atoms with Crippen LogP contribution in [0.4, 0.5) is 5.69 Å². The summed E-state index contributed by atoms with van der Waals surface area (Å²) in [6.07, 6.45) is 2.19. The molecule has 1 aromatic carbocycles. The second-order valence-electron chi connectivity index (χ2n) is 5.71. The second-order valence-corrected chi connectivity index (χ2v) is 8.34. The van der Waals surface area contributed by atoms with E-state index < -0.39 is 10.0 Å². The van der Waals surface area contributed by atoms with Gasteiger partial charge in [-0.1, -0.05) is 6.07 Å². The Hall–Kier alpha value is -2.62. The van der Waals surface area contributed by atoms with E-state index in [1.807, 2.05) is 23.6 Å². The van der Waals surface area contributed by atoms with Crippen LogP contribution < -0.4 is 10.0 Å². The Labute approximate surface area is 161 Å². The maximum absolute atomic E-state index is 12.4. The molecular formula is C18H18N4O3S2. The lowest BCUT2D eigenvalue weighted by Crippen LogP contribution is -2.26. The molecule has 0 saturated heterocycles. The molecule has 0 spiro atoms. The van der Waals surface area contributed by atoms with Crippen molar-refractivity contribution in [3.63, 3.8) is 0 Å². The normalized spacial score (nSPS) is 11.3. The molecular weight excluding hydrogens is 384 g/mol. The first-order valence-corrected chi connectivity index (χ1v) is 10.5. The molecule has 2 heterocycles. The van der Waals surface area contributed by atoms with E-state index >= 15 is 0 Å². The van der Waals surface area contributed by atoms with E-state index in [-0.39, 0.29) is 17.3 Å². The van der Waals surface area contributed by atoms with Gasteiger partial charge in [0.1, 0.15) is 5.01 Å². The molecule has 3 aromatic rings. The Bertz CT molecular complexity index is 1020. The summed E-state index contributed by atoms with van der Waals surface area (Å²) >= 11 is 1.48. The Morgan fingerprint density at radius 1 is 1.15 bits per heavy atom. The van der Waals surface area contributed by atoms with Crippen LogP contribution >= 0.6 is 11.3 Å². The van der Waals surface area contributed by atoms with Crippen LogP contribution in [0.15, 0.2) is 58.9 Å². The summed E-state index contributed by atoms with van der Waals surface area (Å²) in [5.74, 6) is -0.211. The van der Waals surface area contributed by atoms with E-state index in [4.69, 9.17) is 0 Å². The van der Waals surface area contributed by atoms with Crippen molar-refractivity contribution in [1.82, 2.24) is 14.7 Å². The van der Waals surface area contributed by atoms with Gasteiger partial charge < -0.3 is 5.32 Å². The zero-order valence-corrected chi connectivity index (χ0v) is 16.2. The minimum atomic E-state index is -3.62. The predicted molar refractivity (Wildman–Crippen MR) is 105 cm³/mol. The van der Waals surface area contributed by atoms with Gasteiger partial charge in [0.05, 0.1) is 16.3 Å². The number of carbonyl (C=O) groups is 1. The van der Waals surface area contributed by atoms with Crippen molar-refractivity contribution in [3.05, 3.63) is 59.7 Å². The molecule has 0 fully saturated rings. The van der Waals surface area contributed by atoms with E-state index in [1.165, 1.54) is 30.4 Å². The topological polar surface area (TPSA) is 101 Å². The highest BCUT2D eigenvalue weighted by Crippen LogP contribution is 2.21. The fourth-order valence-corrected chi connectivity index (χ4v) is 4.21. The number of sulfonamides is 1. The van der Waals surface area contributed by atoms with Gasteiger partial charge in [-0.25, -0.2) is 18.1 Å². The van der Waals surface area contributed by atoms with Crippen molar-refractivity contribution in [2.45, 2.75) is 18.2 Å². The fraction of sp³-hybridized carbons (Fsp3) is 0.167. The molecule has 2 aromatic heterocycles. The van der Waals surface area contributed by atoms with Gasteiger partial charge in [0.15, 0.2) is 0 Å². The first kappa shape index (κ1) is 19.2. The van der Waals surface area contributed by atoms with Crippen LogP contribution in [-0.2, 0) is 21.2 Å². The van der Waals surface area contributed by atoms with Crippen molar-refractivity contribution in [3.8, 4) is 10.7 Å². The molecule has 27 heavy (non-hydrogen) atoms. The van der Waals surface area contributed by atoms with Gasteiger partial charge >= 0.3 is 0 Å². The van der Waals surface area contributed by atoms with E-state index in [1.54, 1.807) is 18.3 Å². The van der Waals surface area contributed by atoms with Gasteiger partial charge in [-0.05, 0) is 36.4 Å². The molecule has 2 N–H and O–H groups in total. The van der Waals surface area contributed by atoms with Gasteiger partial charge in [-0.2, -0.15) is 0 Å². The number of nitrogens with one attached hydrogen (secondary N) is 2. The summed E-state index contributed by atoms with van der Waals surface area (Å²) in [6.45, 7) is 1.63. The molecule has 0 aliphatic carbocycles. The zero-order valence-electron chi connectivity index (χ0n) is 14.5. The van der Waals surface area contributed by atoms with E-state index in [2.05, 4.69) is 20.0 Å². The summed E-state index contributed by atoms with van der Waals surface area (Å²) in [6, 6.07) is 11.6. The summed E-state index contributed by atoms with van der Waals surface area (Å²) in [5, 5.41) is 5.31. The van der Waals surface area contributed by atoms with Crippen molar-refractivity contribution < 1.29 is 13.2 Å². The first-order chi connectivity index (χ1) is 12.9. The summed E-state index contributed by atoms with van der Waals surface area (Å²) in [4.78, 5) is 19.9. The number of carbonyl (C=O) groups excluding carboxylic acids is 1. The lowest BCUT2D eigenvalue weighted by atomic mass is 10.3. The quantitative estimate of drug-likeness (QED) is 0.633. The Kier molecular flexibility index (Phi) is 5.94. The van der Waals surface area contributed by atoms with Gasteiger partial charge in [0, 0.05) is 37.2 Å². The third kappa shape index (κ3) is 5.19. The van der Waals surface area contributed by atoms with Gasteiger partial charge in [-0.3, -0.25) is 9.78 Å². The van der Waals surface area contributed by atoms with Crippen LogP contribution in [0.2, 0.25) is 0 Å². The number of nitrogens with zero attached hydrogens (tertiary/aromatic N) is 2. The van der Waals surface area contributed by atoms with Gasteiger partial charge in [-0.15, -0.1) is 11.3 Å². The van der Waals surface area contributed by atoms with E-state index in [0.717, 1.165) is 16.4 Å². The molecule has 0 radical (unpaired) electrons. The van der Waals surface area contributed by atoms with Crippen LogP contribution in [0.1, 0.15) is 12.6 Å². The number of hydrogen-bond acceptors (Lipinski definition) is 6. The van der Waals surface area contributed by atoms with Crippen molar-refractivity contribution >= 4 is 33.0 Å². The Balaban J connectivity index is 1.58. The molecule has 3 rings (SSSR count). The maximum Gasteiger partial charge on any atom is 0.240 e. The predicted octanol–water partition coefficient (Wildman–Crippen LogP) is 2.68. The molecule has 140 valence electrons. The van der Waals surface area contributed by atoms with Crippen molar-refractivity contribution in [2.24, 2.45) is 0 Å². The number of benzene rings is 1. The smallest absolute Gasteiger partial charge is 0.240 e. The molecule has 0 bridgehead atoms. The zero-order chi connectivity index (χ0) is 19.3. The van der Waals surface area contributed by atoms with Crippen LogP contribution in [0.25, 0.3) is 10.7 Å². The van der Waals surface area contributed by atoms with Gasteiger partial charge in [0.25, 0.3) is 0 Å². The molecule has 0 aliphatic rings. The lowest BCUT2D eigenvalue weighted by Gasteiger charge is -2.07. The standard InChI is InChI=1S/C18H18N4O3S2/c1-13(23)21-14-5-7-16(8-6-14)27(24,25)20-11-9-15-12-26-18(22-15)17-4-2-3-10-19-17/h2-8,10,12,20H,9,11H2,1H3,(H,21,23). The average Bonchev–Trinajstić information content (AvgIpc) is 3.11. The first-order valence-electron chi connectivity index (χ1n) is 8.17. The third-order valence-electron chi connectivity index (χ3n) is 3.59. The average molecular weight is 403 g/mol. The largest absolute Gasteiger partial charge is 0.326 e. The second kappa shape index (κ2) is 8.38. The molecule has 9 heteroatoms. The molecule has 1 amide bonds. The lowest BCUT2D eigenvalue weighted by molar-refractivity contribution is -0.114. The third-order valence-corrected chi connectivity index (χ3v) is 5.98. The number of anilines is 1. The number of thiazole rings is 1. The molecule has 0 saturated carbocycles. The number of amides is 1. The highest BCUT2D eigenvalue weighted by Gasteiger charge is 2.14. The van der Waals surface area contributed by atoms with E-state index in [9.17, 15) is 13.2 Å². The maximum atomic E-state index is 12.4. The van der Waals surface area contributed by atoms with Crippen LogP contribution in [0.5, 0.6) is 0 Å². The summed E-state index contributed by atoms with van der Waals surface area (Å²) in [5.41, 5.74) is 2.16. The molecule has 7 nitrogen and oxygen atoms in total. The highest BCUT2D eigenvalue weighted by atomic mass is 32.2. The minimum Gasteiger partial charge on any atom is -0.326 e. The Morgan fingerprint density at radius 3 is 2.59 bits per heavy atom. The van der Waals surface area contributed by atoms with Crippen LogP contribution in [0.3, 0.4) is 0 Å². The monoisotopic (exact) mass is 402 g/mol. The van der Waals surface area contributed by atoms with Crippen LogP contribution in [0, 0.1) is 0 Å². The van der Waals surface area contributed by atoms with E-state index in [0.29, 0.717) is 12.1 Å². The van der Waals surface area contributed by atoms with Crippen molar-refractivity contribution in [2.75, 3.05) is 11.9 Å². The summed E-state index contributed by atoms with van der Waals surface area (Å²) in [7, 11) is -3.62. The highest BCUT2D eigenvalue weighted by molar-refractivity contribution is 7.89. The molecule has 0 unspecified atom stereocenters. The number of aromatic nitrogens is 2. The number of rotatable bonds is 7. The summed E-state index contributed by atoms with van der Waals surface area (Å²) < 4.78 is 27.3. The molecule has 0 atom stereocenters. The fourth-order valence-electron chi connectivity index (χ4n) is 2.35. The van der Waals surface area contributed by atoms with Crippen molar-refractivity contribution in [1.29, 1.82) is 0 Å². The number of pyridine rings is 1. The number of hydrogen-bond donors (Lipinski definition) is 2. The Morgan fingerprint density at radius 2 is 1.93 bits per heavy atom. The SMILES string of the molecule is CC(=O)Nc1ccc(S(=O)(=O)NCCc2csc(-c3ccccn3)n2)cc1. The van der Waals surface area contributed by atoms with Crippen LogP contribution in [-0.4, -0.2) is 30.8 Å². The minimum absolute atomic E-state index is 0.143.